The molecule has 0 spiro atoms. The fourth-order valence-electron chi connectivity index (χ4n) is 2.73. The zero-order valence-electron chi connectivity index (χ0n) is 14.4. The number of nitrogens with one attached hydrogen (secondary N) is 2. The Morgan fingerprint density at radius 1 is 1.43 bits per heavy atom. The molecule has 1 aliphatic rings. The van der Waals surface area contributed by atoms with Gasteiger partial charge < -0.3 is 25.0 Å². The van der Waals surface area contributed by atoms with Crippen LogP contribution in [0, 0.1) is 6.92 Å². The van der Waals surface area contributed by atoms with Crippen molar-refractivity contribution in [3.05, 3.63) is 32.6 Å². The van der Waals surface area contributed by atoms with Gasteiger partial charge in [0, 0.05) is 11.8 Å². The summed E-state index contributed by atoms with van der Waals surface area (Å²) < 4.78 is 48.2. The molecule has 0 bridgehead atoms. The first-order valence-corrected chi connectivity index (χ1v) is 7.64. The molecular formula is C14H16F3N3O8. The molecule has 0 saturated carbocycles. The number of carbonyl (C=O) groups excluding carboxylic acids is 2. The van der Waals surface area contributed by atoms with Gasteiger partial charge in [0.25, 0.3) is 5.56 Å². The van der Waals surface area contributed by atoms with E-state index in [0.29, 0.717) is 4.57 Å². The second-order valence-electron chi connectivity index (χ2n) is 5.97. The lowest BCUT2D eigenvalue weighted by molar-refractivity contribution is -0.187. The molecule has 14 heteroatoms. The number of esters is 1. The SMILES string of the molecule is COC(=O)[C@]1(CO)O[C@@H](n2cc(C)c(=O)[nH]c2=O)[C@H](NC(=O)C(F)(F)F)[C@@H]1O. The molecule has 11 nitrogen and oxygen atoms in total. The second-order valence-corrected chi connectivity index (χ2v) is 5.97. The zero-order valence-corrected chi connectivity index (χ0v) is 14.4. The highest BCUT2D eigenvalue weighted by Gasteiger charge is 2.62. The predicted molar refractivity (Wildman–Crippen MR) is 82.0 cm³/mol. The molecule has 1 aliphatic heterocycles. The van der Waals surface area contributed by atoms with Crippen molar-refractivity contribution in [1.29, 1.82) is 0 Å². The molecule has 2 rings (SSSR count). The molecule has 4 N–H and O–H groups in total. The van der Waals surface area contributed by atoms with E-state index in [9.17, 15) is 42.6 Å². The highest BCUT2D eigenvalue weighted by atomic mass is 19.4. The minimum Gasteiger partial charge on any atom is -0.467 e. The first-order chi connectivity index (χ1) is 12.9. The van der Waals surface area contributed by atoms with Gasteiger partial charge in [0.2, 0.25) is 5.60 Å². The van der Waals surface area contributed by atoms with Crippen LogP contribution in [0.2, 0.25) is 0 Å². The summed E-state index contributed by atoms with van der Waals surface area (Å²) in [5.74, 6) is -3.84. The summed E-state index contributed by atoms with van der Waals surface area (Å²) in [5, 5.41) is 21.4. The topological polar surface area (TPSA) is 160 Å². The van der Waals surface area contributed by atoms with Gasteiger partial charge in [-0.25, -0.2) is 9.59 Å². The number of rotatable bonds is 4. The van der Waals surface area contributed by atoms with Crippen LogP contribution in [0.1, 0.15) is 11.8 Å². The molecule has 1 aromatic rings. The van der Waals surface area contributed by atoms with Crippen LogP contribution in [0.4, 0.5) is 13.2 Å². The highest BCUT2D eigenvalue weighted by Crippen LogP contribution is 2.38. The fraction of sp³-hybridized carbons (Fsp3) is 0.571. The Morgan fingerprint density at radius 3 is 2.54 bits per heavy atom. The van der Waals surface area contributed by atoms with Crippen LogP contribution in [-0.2, 0) is 19.1 Å². The lowest BCUT2D eigenvalue weighted by Crippen LogP contribution is -2.57. The lowest BCUT2D eigenvalue weighted by Gasteiger charge is -2.27. The highest BCUT2D eigenvalue weighted by molar-refractivity contribution is 5.84. The van der Waals surface area contributed by atoms with E-state index in [1.165, 1.54) is 12.2 Å². The number of aryl methyl sites for hydroxylation is 1. The molecule has 0 aromatic carbocycles. The number of methoxy groups -OCH3 is 1. The maximum absolute atomic E-state index is 12.7. The predicted octanol–water partition coefficient (Wildman–Crippen LogP) is -2.31. The summed E-state index contributed by atoms with van der Waals surface area (Å²) in [6.45, 7) is 0.0237. The van der Waals surface area contributed by atoms with Crippen molar-refractivity contribution in [3.63, 3.8) is 0 Å². The molecule has 1 amide bonds. The van der Waals surface area contributed by atoms with Crippen LogP contribution < -0.4 is 16.6 Å². The van der Waals surface area contributed by atoms with Crippen LogP contribution in [0.5, 0.6) is 0 Å². The van der Waals surface area contributed by atoms with Gasteiger partial charge in [-0.05, 0) is 6.92 Å². The molecule has 0 unspecified atom stereocenters. The van der Waals surface area contributed by atoms with Gasteiger partial charge in [-0.15, -0.1) is 0 Å². The standard InChI is InChI=1S/C14H16F3N3O8/c1-5-3-20(12(26)19-8(5)23)9-6(18-10(24)14(15,16)17)7(22)13(4-21,28-9)11(25)27-2/h3,6-7,9,21-22H,4H2,1-2H3,(H,18,24)(H,19,23,26)/t6-,7+,9-,13-/m1/s1. The van der Waals surface area contributed by atoms with E-state index in [1.807, 2.05) is 4.98 Å². The third kappa shape index (κ3) is 3.53. The van der Waals surface area contributed by atoms with E-state index in [-0.39, 0.29) is 5.56 Å². The van der Waals surface area contributed by atoms with Gasteiger partial charge >= 0.3 is 23.7 Å². The number of ether oxygens (including phenoxy) is 2. The Balaban J connectivity index is 2.61. The molecule has 1 fully saturated rings. The molecular weight excluding hydrogens is 395 g/mol. The molecule has 4 atom stereocenters. The Hall–Kier alpha value is -2.71. The van der Waals surface area contributed by atoms with E-state index >= 15 is 0 Å². The zero-order chi connectivity index (χ0) is 21.4. The van der Waals surface area contributed by atoms with Crippen LogP contribution in [-0.4, -0.2) is 69.3 Å². The van der Waals surface area contributed by atoms with E-state index < -0.39 is 59.9 Å². The summed E-state index contributed by atoms with van der Waals surface area (Å²) >= 11 is 0. The third-order valence-electron chi connectivity index (χ3n) is 4.20. The number of H-pyrrole nitrogens is 1. The number of amides is 1. The molecule has 2 heterocycles. The van der Waals surface area contributed by atoms with Crippen molar-refractivity contribution >= 4 is 11.9 Å². The summed E-state index contributed by atoms with van der Waals surface area (Å²) in [5.41, 5.74) is -4.60. The van der Waals surface area contributed by atoms with Gasteiger partial charge in [-0.2, -0.15) is 13.2 Å². The van der Waals surface area contributed by atoms with Crippen molar-refractivity contribution < 1.29 is 42.4 Å². The Bertz CT molecular complexity index is 895. The van der Waals surface area contributed by atoms with Crippen molar-refractivity contribution in [1.82, 2.24) is 14.9 Å². The van der Waals surface area contributed by atoms with Gasteiger partial charge in [-0.1, -0.05) is 0 Å². The number of hydrogen-bond donors (Lipinski definition) is 4. The van der Waals surface area contributed by atoms with Crippen molar-refractivity contribution in [2.75, 3.05) is 13.7 Å². The van der Waals surface area contributed by atoms with Gasteiger partial charge in [-0.3, -0.25) is 19.1 Å². The van der Waals surface area contributed by atoms with Crippen LogP contribution in [0.3, 0.4) is 0 Å². The largest absolute Gasteiger partial charge is 0.471 e. The number of hydrogen-bond acceptors (Lipinski definition) is 8. The van der Waals surface area contributed by atoms with E-state index in [4.69, 9.17) is 4.74 Å². The Morgan fingerprint density at radius 2 is 2.04 bits per heavy atom. The molecule has 0 aliphatic carbocycles. The normalized spacial score (nSPS) is 27.5. The molecule has 1 saturated heterocycles. The average molecular weight is 411 g/mol. The third-order valence-corrected chi connectivity index (χ3v) is 4.20. The maximum atomic E-state index is 12.7. The molecule has 0 radical (unpaired) electrons. The number of alkyl halides is 3. The van der Waals surface area contributed by atoms with Gasteiger partial charge in [0.1, 0.15) is 12.1 Å². The smallest absolute Gasteiger partial charge is 0.467 e. The average Bonchev–Trinajstić information content (AvgIpc) is 2.90. The van der Waals surface area contributed by atoms with E-state index in [1.54, 1.807) is 0 Å². The van der Waals surface area contributed by atoms with Crippen molar-refractivity contribution in [2.45, 2.75) is 37.1 Å². The van der Waals surface area contributed by atoms with Crippen molar-refractivity contribution in [3.8, 4) is 0 Å². The minimum absolute atomic E-state index is 0.0573. The summed E-state index contributed by atoms with van der Waals surface area (Å²) in [4.78, 5) is 48.9. The summed E-state index contributed by atoms with van der Waals surface area (Å²) in [6.07, 6.45) is -8.59. The summed E-state index contributed by atoms with van der Waals surface area (Å²) in [7, 11) is 0.864. The number of aromatic nitrogens is 2. The Kier molecular flexibility index (Phi) is 5.68. The van der Waals surface area contributed by atoms with E-state index in [0.717, 1.165) is 13.3 Å². The lowest BCUT2D eigenvalue weighted by atomic mass is 9.94. The first-order valence-electron chi connectivity index (χ1n) is 7.64. The molecule has 156 valence electrons. The molecule has 28 heavy (non-hydrogen) atoms. The number of halogens is 3. The quantitative estimate of drug-likeness (QED) is 0.402. The van der Waals surface area contributed by atoms with Gasteiger partial charge in [0.15, 0.2) is 6.23 Å². The molecule has 1 aromatic heterocycles. The Labute approximate surface area is 153 Å². The van der Waals surface area contributed by atoms with E-state index in [2.05, 4.69) is 4.74 Å². The summed E-state index contributed by atoms with van der Waals surface area (Å²) in [6, 6.07) is -2.01. The number of aliphatic hydroxyl groups excluding tert-OH is 2. The van der Waals surface area contributed by atoms with Crippen LogP contribution in [0.25, 0.3) is 0 Å². The fourth-order valence-corrected chi connectivity index (χ4v) is 2.73. The number of nitrogens with zero attached hydrogens (tertiary/aromatic N) is 1. The number of aliphatic hydroxyl groups is 2. The van der Waals surface area contributed by atoms with Gasteiger partial charge in [0.05, 0.1) is 13.7 Å². The van der Waals surface area contributed by atoms with Crippen LogP contribution >= 0.6 is 0 Å². The first kappa shape index (κ1) is 21.6. The monoisotopic (exact) mass is 411 g/mol. The van der Waals surface area contributed by atoms with Crippen molar-refractivity contribution in [2.24, 2.45) is 0 Å². The van der Waals surface area contributed by atoms with Crippen LogP contribution in [0.15, 0.2) is 15.8 Å². The second kappa shape index (κ2) is 7.37. The number of aromatic amines is 1. The minimum atomic E-state index is -5.36. The maximum Gasteiger partial charge on any atom is 0.471 e. The number of carbonyl (C=O) groups is 2.